The summed E-state index contributed by atoms with van der Waals surface area (Å²) in [6, 6.07) is 1.44. The molecule has 1 saturated heterocycles. The van der Waals surface area contributed by atoms with Crippen molar-refractivity contribution in [2.45, 2.75) is 6.54 Å². The second-order valence-corrected chi connectivity index (χ2v) is 4.80. The molecule has 1 aromatic heterocycles. The molecule has 2 rings (SSSR count). The van der Waals surface area contributed by atoms with Crippen LogP contribution in [0.2, 0.25) is 0 Å². The van der Waals surface area contributed by atoms with Crippen LogP contribution < -0.4 is 11.2 Å². The maximum absolute atomic E-state index is 11.2. The molecule has 2 heterocycles. The van der Waals surface area contributed by atoms with Gasteiger partial charge in [0, 0.05) is 56.9 Å². The number of rotatable bonds is 4. The molecule has 6 nitrogen and oxygen atoms in total. The maximum atomic E-state index is 11.2. The van der Waals surface area contributed by atoms with Crippen molar-refractivity contribution in [3.8, 4) is 0 Å². The average molecular weight is 273 g/mol. The summed E-state index contributed by atoms with van der Waals surface area (Å²) in [4.78, 5) is 31.6. The lowest BCUT2D eigenvalue weighted by Gasteiger charge is -2.34. The molecule has 2 N–H and O–H groups in total. The highest BCUT2D eigenvalue weighted by Gasteiger charge is 2.16. The van der Waals surface area contributed by atoms with Crippen molar-refractivity contribution in [1.29, 1.82) is 0 Å². The molecule has 0 atom stereocenters. The molecule has 1 fully saturated rings. The Morgan fingerprint density at radius 2 is 1.78 bits per heavy atom. The SMILES string of the molecule is O=c1cc(CN2CCN(CCCl)CC2)[nH]c(=O)[nH]1. The van der Waals surface area contributed by atoms with Crippen molar-refractivity contribution in [1.82, 2.24) is 19.8 Å². The standard InChI is InChI=1S/C11H17ClN4O2/c12-1-2-15-3-5-16(6-4-15)8-9-7-10(17)14-11(18)13-9/h7H,1-6,8H2,(H2,13,14,17,18). The Labute approximate surface area is 110 Å². The van der Waals surface area contributed by atoms with E-state index in [-0.39, 0.29) is 5.56 Å². The maximum Gasteiger partial charge on any atom is 0.325 e. The van der Waals surface area contributed by atoms with Gasteiger partial charge in [0.2, 0.25) is 0 Å². The van der Waals surface area contributed by atoms with Gasteiger partial charge in [-0.3, -0.25) is 19.6 Å². The van der Waals surface area contributed by atoms with Gasteiger partial charge in [-0.05, 0) is 0 Å². The van der Waals surface area contributed by atoms with Gasteiger partial charge in [-0.1, -0.05) is 0 Å². The Balaban J connectivity index is 1.91. The van der Waals surface area contributed by atoms with Crippen LogP contribution in [0.5, 0.6) is 0 Å². The van der Waals surface area contributed by atoms with Crippen molar-refractivity contribution in [2.24, 2.45) is 0 Å². The lowest BCUT2D eigenvalue weighted by molar-refractivity contribution is 0.131. The summed E-state index contributed by atoms with van der Waals surface area (Å²) in [5.41, 5.74) is -0.137. The van der Waals surface area contributed by atoms with Crippen molar-refractivity contribution < 1.29 is 0 Å². The molecule has 0 radical (unpaired) electrons. The average Bonchev–Trinajstić information content (AvgIpc) is 2.31. The second kappa shape index (κ2) is 6.17. The second-order valence-electron chi connectivity index (χ2n) is 4.42. The number of H-pyrrole nitrogens is 2. The number of alkyl halides is 1. The highest BCUT2D eigenvalue weighted by atomic mass is 35.5. The van der Waals surface area contributed by atoms with Gasteiger partial charge in [0.05, 0.1) is 0 Å². The van der Waals surface area contributed by atoms with Gasteiger partial charge in [-0.25, -0.2) is 4.79 Å². The van der Waals surface area contributed by atoms with E-state index in [0.717, 1.165) is 32.7 Å². The molecular formula is C11H17ClN4O2. The van der Waals surface area contributed by atoms with E-state index < -0.39 is 5.69 Å². The van der Waals surface area contributed by atoms with Crippen molar-refractivity contribution in [3.05, 3.63) is 32.6 Å². The summed E-state index contributed by atoms with van der Waals surface area (Å²) in [6.07, 6.45) is 0. The van der Waals surface area contributed by atoms with E-state index in [2.05, 4.69) is 19.8 Å². The predicted molar refractivity (Wildman–Crippen MR) is 70.1 cm³/mol. The number of nitrogens with zero attached hydrogens (tertiary/aromatic N) is 2. The zero-order valence-electron chi connectivity index (χ0n) is 10.1. The normalized spacial score (nSPS) is 18.1. The molecule has 0 amide bonds. The van der Waals surface area contributed by atoms with E-state index in [9.17, 15) is 9.59 Å². The van der Waals surface area contributed by atoms with Crippen LogP contribution in [0, 0.1) is 0 Å². The molecule has 7 heteroatoms. The number of nitrogens with one attached hydrogen (secondary N) is 2. The number of piperazine rings is 1. The number of halogens is 1. The van der Waals surface area contributed by atoms with E-state index >= 15 is 0 Å². The Hall–Kier alpha value is -1.11. The van der Waals surface area contributed by atoms with Gasteiger partial charge >= 0.3 is 5.69 Å². The molecule has 1 aliphatic rings. The van der Waals surface area contributed by atoms with E-state index in [0.29, 0.717) is 18.1 Å². The molecular weight excluding hydrogens is 256 g/mol. The summed E-state index contributed by atoms with van der Waals surface area (Å²) in [5, 5.41) is 0. The van der Waals surface area contributed by atoms with Crippen LogP contribution in [-0.4, -0.2) is 58.4 Å². The van der Waals surface area contributed by atoms with Gasteiger partial charge in [-0.2, -0.15) is 0 Å². The third-order valence-corrected chi connectivity index (χ3v) is 3.24. The molecule has 1 aliphatic heterocycles. The Kier molecular flexibility index (Phi) is 4.57. The molecule has 100 valence electrons. The fraction of sp³-hybridized carbons (Fsp3) is 0.636. The van der Waals surface area contributed by atoms with Gasteiger partial charge in [0.1, 0.15) is 0 Å². The Morgan fingerprint density at radius 3 is 2.39 bits per heavy atom. The molecule has 0 spiro atoms. The van der Waals surface area contributed by atoms with Crippen LogP contribution in [-0.2, 0) is 6.54 Å². The van der Waals surface area contributed by atoms with Gasteiger partial charge in [0.25, 0.3) is 5.56 Å². The van der Waals surface area contributed by atoms with E-state index in [4.69, 9.17) is 11.6 Å². The Bertz CT molecular complexity index is 462. The molecule has 1 aromatic rings. The largest absolute Gasteiger partial charge is 0.325 e. The third kappa shape index (κ3) is 3.69. The quantitative estimate of drug-likeness (QED) is 0.720. The molecule has 0 saturated carbocycles. The van der Waals surface area contributed by atoms with E-state index in [1.165, 1.54) is 6.07 Å². The number of hydrogen-bond donors (Lipinski definition) is 2. The molecule has 0 bridgehead atoms. The first-order valence-corrected chi connectivity index (χ1v) is 6.54. The number of aromatic nitrogens is 2. The minimum absolute atomic E-state index is 0.352. The molecule has 0 aliphatic carbocycles. The molecule has 18 heavy (non-hydrogen) atoms. The topological polar surface area (TPSA) is 72.2 Å². The number of hydrogen-bond acceptors (Lipinski definition) is 4. The first-order valence-electron chi connectivity index (χ1n) is 6.00. The molecule has 0 aromatic carbocycles. The molecule has 0 unspecified atom stereocenters. The lowest BCUT2D eigenvalue weighted by Crippen LogP contribution is -2.46. The zero-order chi connectivity index (χ0) is 13.0. The summed E-state index contributed by atoms with van der Waals surface area (Å²) in [5.74, 6) is 0.654. The van der Waals surface area contributed by atoms with Crippen LogP contribution in [0.25, 0.3) is 0 Å². The number of aromatic amines is 2. The monoisotopic (exact) mass is 272 g/mol. The van der Waals surface area contributed by atoms with Gasteiger partial charge in [0.15, 0.2) is 0 Å². The summed E-state index contributed by atoms with van der Waals surface area (Å²) in [7, 11) is 0. The van der Waals surface area contributed by atoms with Crippen LogP contribution >= 0.6 is 11.6 Å². The highest BCUT2D eigenvalue weighted by molar-refractivity contribution is 6.18. The smallest absolute Gasteiger partial charge is 0.310 e. The van der Waals surface area contributed by atoms with E-state index in [1.54, 1.807) is 0 Å². The zero-order valence-corrected chi connectivity index (χ0v) is 10.9. The van der Waals surface area contributed by atoms with Crippen molar-refractivity contribution >= 4 is 11.6 Å². The first kappa shape index (κ1) is 13.3. The third-order valence-electron chi connectivity index (χ3n) is 3.08. The van der Waals surface area contributed by atoms with Crippen LogP contribution in [0.3, 0.4) is 0 Å². The summed E-state index contributed by atoms with van der Waals surface area (Å²) < 4.78 is 0. The first-order chi connectivity index (χ1) is 8.67. The summed E-state index contributed by atoms with van der Waals surface area (Å²) in [6.45, 7) is 5.31. The predicted octanol–water partition coefficient (Wildman–Crippen LogP) is -0.580. The minimum atomic E-state index is -0.446. The summed E-state index contributed by atoms with van der Waals surface area (Å²) >= 11 is 5.70. The van der Waals surface area contributed by atoms with Gasteiger partial charge in [-0.15, -0.1) is 11.6 Å². The minimum Gasteiger partial charge on any atom is -0.310 e. The van der Waals surface area contributed by atoms with Crippen LogP contribution in [0.15, 0.2) is 15.7 Å². The fourth-order valence-electron chi connectivity index (χ4n) is 2.14. The van der Waals surface area contributed by atoms with Crippen LogP contribution in [0.1, 0.15) is 5.69 Å². The lowest BCUT2D eigenvalue weighted by atomic mass is 10.3. The van der Waals surface area contributed by atoms with Crippen LogP contribution in [0.4, 0.5) is 0 Å². The van der Waals surface area contributed by atoms with E-state index in [1.807, 2.05) is 0 Å². The highest BCUT2D eigenvalue weighted by Crippen LogP contribution is 2.05. The fourth-order valence-corrected chi connectivity index (χ4v) is 2.38. The Morgan fingerprint density at radius 1 is 1.11 bits per heavy atom. The van der Waals surface area contributed by atoms with Crippen molar-refractivity contribution in [2.75, 3.05) is 38.6 Å². The van der Waals surface area contributed by atoms with Gasteiger partial charge < -0.3 is 4.98 Å². The van der Waals surface area contributed by atoms with Crippen molar-refractivity contribution in [3.63, 3.8) is 0 Å².